The van der Waals surface area contributed by atoms with E-state index < -0.39 is 5.92 Å². The minimum absolute atomic E-state index is 0.114. The van der Waals surface area contributed by atoms with E-state index >= 15 is 0 Å². The number of hydrogen-bond donors (Lipinski definition) is 2. The molecule has 0 aliphatic heterocycles. The van der Waals surface area contributed by atoms with Crippen molar-refractivity contribution in [2.45, 2.75) is 38.0 Å². The SMILES string of the molecule is Cn1c(Cc2ccc(C#N)cc2)nc2cc(NC(=O)C(c3nn[nH]n3)C3CCCC3)ccc21. The van der Waals surface area contributed by atoms with Gasteiger partial charge in [0.25, 0.3) is 0 Å². The van der Waals surface area contributed by atoms with Crippen LogP contribution >= 0.6 is 0 Å². The van der Waals surface area contributed by atoms with E-state index in [1.165, 1.54) is 0 Å². The van der Waals surface area contributed by atoms with E-state index in [1.807, 2.05) is 49.5 Å². The summed E-state index contributed by atoms with van der Waals surface area (Å²) in [4.78, 5) is 18.0. The van der Waals surface area contributed by atoms with Crippen LogP contribution in [-0.4, -0.2) is 36.1 Å². The van der Waals surface area contributed by atoms with Gasteiger partial charge in [-0.3, -0.25) is 4.79 Å². The molecule has 0 radical (unpaired) electrons. The van der Waals surface area contributed by atoms with Crippen molar-refractivity contribution < 1.29 is 4.79 Å². The van der Waals surface area contributed by atoms with E-state index in [0.717, 1.165) is 48.1 Å². The Morgan fingerprint density at radius 2 is 2.03 bits per heavy atom. The monoisotopic (exact) mass is 440 g/mol. The summed E-state index contributed by atoms with van der Waals surface area (Å²) in [6, 6.07) is 15.4. The Hall–Kier alpha value is -4.06. The van der Waals surface area contributed by atoms with Gasteiger partial charge in [0.1, 0.15) is 11.7 Å². The number of aromatic nitrogens is 6. The number of nitrogens with zero attached hydrogens (tertiary/aromatic N) is 6. The number of nitriles is 1. The van der Waals surface area contributed by atoms with Crippen molar-refractivity contribution in [3.8, 4) is 6.07 Å². The molecular formula is C24H24N8O. The highest BCUT2D eigenvalue weighted by Gasteiger charge is 2.35. The van der Waals surface area contributed by atoms with E-state index in [2.05, 4.69) is 36.6 Å². The second kappa shape index (κ2) is 8.82. The molecular weight excluding hydrogens is 416 g/mol. The molecule has 1 fully saturated rings. The smallest absolute Gasteiger partial charge is 0.235 e. The Balaban J connectivity index is 1.37. The van der Waals surface area contributed by atoms with Gasteiger partial charge < -0.3 is 9.88 Å². The molecule has 33 heavy (non-hydrogen) atoms. The van der Waals surface area contributed by atoms with Gasteiger partial charge in [-0.1, -0.05) is 30.2 Å². The van der Waals surface area contributed by atoms with Gasteiger partial charge >= 0.3 is 0 Å². The molecule has 1 saturated carbocycles. The lowest BCUT2D eigenvalue weighted by Gasteiger charge is -2.19. The number of imidazole rings is 1. The zero-order chi connectivity index (χ0) is 22.8. The van der Waals surface area contributed by atoms with E-state index in [9.17, 15) is 4.79 Å². The maximum absolute atomic E-state index is 13.2. The predicted molar refractivity (Wildman–Crippen MR) is 122 cm³/mol. The average Bonchev–Trinajstić information content (AvgIpc) is 3.59. The summed E-state index contributed by atoms with van der Waals surface area (Å²) in [5, 5.41) is 26.4. The zero-order valence-corrected chi connectivity index (χ0v) is 18.3. The summed E-state index contributed by atoms with van der Waals surface area (Å²) < 4.78 is 2.06. The van der Waals surface area contributed by atoms with Gasteiger partial charge in [-0.25, -0.2) is 4.98 Å². The Morgan fingerprint density at radius 1 is 1.24 bits per heavy atom. The van der Waals surface area contributed by atoms with Gasteiger partial charge in [0.2, 0.25) is 5.91 Å². The van der Waals surface area contributed by atoms with Gasteiger partial charge in [0, 0.05) is 19.2 Å². The number of carbonyl (C=O) groups is 1. The topological polar surface area (TPSA) is 125 Å². The molecule has 0 spiro atoms. The van der Waals surface area contributed by atoms with Gasteiger partial charge in [-0.2, -0.15) is 10.5 Å². The molecule has 0 saturated heterocycles. The van der Waals surface area contributed by atoms with Crippen molar-refractivity contribution in [3.63, 3.8) is 0 Å². The highest BCUT2D eigenvalue weighted by atomic mass is 16.2. The van der Waals surface area contributed by atoms with E-state index in [0.29, 0.717) is 23.5 Å². The first-order valence-corrected chi connectivity index (χ1v) is 11.1. The fraction of sp³-hybridized carbons (Fsp3) is 0.333. The second-order valence-corrected chi connectivity index (χ2v) is 8.56. The fourth-order valence-electron chi connectivity index (χ4n) is 4.72. The van der Waals surface area contributed by atoms with Crippen LogP contribution in [0.3, 0.4) is 0 Å². The summed E-state index contributed by atoms with van der Waals surface area (Å²) in [5.74, 6) is 1.05. The Bertz CT molecular complexity index is 1310. The first-order valence-electron chi connectivity index (χ1n) is 11.1. The van der Waals surface area contributed by atoms with Crippen LogP contribution in [0.25, 0.3) is 11.0 Å². The first-order chi connectivity index (χ1) is 16.1. The number of benzene rings is 2. The number of amides is 1. The third-order valence-corrected chi connectivity index (χ3v) is 6.48. The van der Waals surface area contributed by atoms with Crippen LogP contribution < -0.4 is 5.32 Å². The van der Waals surface area contributed by atoms with Gasteiger partial charge in [-0.15, -0.1) is 10.2 Å². The lowest BCUT2D eigenvalue weighted by atomic mass is 9.89. The van der Waals surface area contributed by atoms with Crippen LogP contribution in [0.1, 0.15) is 54.4 Å². The summed E-state index contributed by atoms with van der Waals surface area (Å²) in [7, 11) is 1.99. The van der Waals surface area contributed by atoms with Crippen LogP contribution in [0, 0.1) is 17.2 Å². The number of nitrogens with one attached hydrogen (secondary N) is 2. The number of aromatic amines is 1. The largest absolute Gasteiger partial charge is 0.331 e. The summed E-state index contributed by atoms with van der Waals surface area (Å²) in [6.45, 7) is 0. The van der Waals surface area contributed by atoms with Crippen molar-refractivity contribution in [1.29, 1.82) is 5.26 Å². The second-order valence-electron chi connectivity index (χ2n) is 8.56. The van der Waals surface area contributed by atoms with Crippen molar-refractivity contribution >= 4 is 22.6 Å². The summed E-state index contributed by atoms with van der Waals surface area (Å²) >= 11 is 0. The number of tetrazole rings is 1. The molecule has 1 aliphatic rings. The molecule has 2 heterocycles. The number of aryl methyl sites for hydroxylation is 1. The number of hydrogen-bond acceptors (Lipinski definition) is 6. The van der Waals surface area contributed by atoms with Gasteiger partial charge in [0.15, 0.2) is 5.82 Å². The highest BCUT2D eigenvalue weighted by Crippen LogP contribution is 2.36. The Labute approximate surface area is 190 Å². The molecule has 0 bridgehead atoms. The number of carbonyl (C=O) groups excluding carboxylic acids is 1. The van der Waals surface area contributed by atoms with Crippen LogP contribution in [0.2, 0.25) is 0 Å². The number of fused-ring (bicyclic) bond motifs is 1. The van der Waals surface area contributed by atoms with Crippen LogP contribution in [0.15, 0.2) is 42.5 Å². The van der Waals surface area contributed by atoms with E-state index in [4.69, 9.17) is 10.2 Å². The fourth-order valence-corrected chi connectivity index (χ4v) is 4.72. The molecule has 2 aromatic carbocycles. The molecule has 9 heteroatoms. The maximum atomic E-state index is 13.2. The third-order valence-electron chi connectivity index (χ3n) is 6.48. The van der Waals surface area contributed by atoms with Crippen LogP contribution in [0.4, 0.5) is 5.69 Å². The van der Waals surface area contributed by atoms with Crippen molar-refractivity contribution in [2.75, 3.05) is 5.32 Å². The molecule has 9 nitrogen and oxygen atoms in total. The van der Waals surface area contributed by atoms with Gasteiger partial charge in [0.05, 0.1) is 22.7 Å². The number of anilines is 1. The van der Waals surface area contributed by atoms with Gasteiger partial charge in [-0.05, 0) is 54.7 Å². The molecule has 1 atom stereocenters. The molecule has 1 amide bonds. The summed E-state index contributed by atoms with van der Waals surface area (Å²) in [5.41, 5.74) is 4.22. The van der Waals surface area contributed by atoms with Crippen LogP contribution in [0.5, 0.6) is 0 Å². The lowest BCUT2D eigenvalue weighted by molar-refractivity contribution is -0.118. The minimum Gasteiger partial charge on any atom is -0.331 e. The number of rotatable bonds is 6. The molecule has 2 aromatic heterocycles. The average molecular weight is 441 g/mol. The summed E-state index contributed by atoms with van der Waals surface area (Å²) in [6.07, 6.45) is 4.87. The maximum Gasteiger partial charge on any atom is 0.235 e. The zero-order valence-electron chi connectivity index (χ0n) is 18.3. The molecule has 1 unspecified atom stereocenters. The first kappa shape index (κ1) is 20.8. The van der Waals surface area contributed by atoms with Crippen molar-refractivity contribution in [3.05, 3.63) is 65.2 Å². The molecule has 2 N–H and O–H groups in total. The predicted octanol–water partition coefficient (Wildman–Crippen LogP) is 3.46. The standard InChI is InChI=1S/C24H24N8O/c1-32-20-11-10-18(13-19(20)27-21(32)12-15-6-8-16(14-25)9-7-15)26-24(33)22(17-4-2-3-5-17)23-28-30-31-29-23/h6-11,13,17,22H,2-5,12H2,1H3,(H,26,33)(H,28,29,30,31). The molecule has 5 rings (SSSR count). The van der Waals surface area contributed by atoms with Crippen LogP contribution in [-0.2, 0) is 18.3 Å². The van der Waals surface area contributed by atoms with Crippen molar-refractivity contribution in [1.82, 2.24) is 30.2 Å². The molecule has 1 aliphatic carbocycles. The Morgan fingerprint density at radius 3 is 2.73 bits per heavy atom. The molecule has 4 aromatic rings. The number of H-pyrrole nitrogens is 1. The lowest BCUT2D eigenvalue weighted by Crippen LogP contribution is -2.27. The van der Waals surface area contributed by atoms with E-state index in [1.54, 1.807) is 0 Å². The molecule has 166 valence electrons. The normalized spacial score (nSPS) is 14.9. The van der Waals surface area contributed by atoms with Crippen molar-refractivity contribution in [2.24, 2.45) is 13.0 Å². The third kappa shape index (κ3) is 4.20. The van der Waals surface area contributed by atoms with E-state index in [-0.39, 0.29) is 11.8 Å². The highest BCUT2D eigenvalue weighted by molar-refractivity contribution is 5.97. The quantitative estimate of drug-likeness (QED) is 0.473. The Kier molecular flexibility index (Phi) is 5.57. The minimum atomic E-state index is -0.419.